The lowest BCUT2D eigenvalue weighted by Crippen LogP contribution is -2.45. The second-order valence-corrected chi connectivity index (χ2v) is 4.93. The topological polar surface area (TPSA) is 85.8 Å². The van der Waals surface area contributed by atoms with Gasteiger partial charge in [0.1, 0.15) is 11.6 Å². The number of aryl methyl sites for hydroxylation is 1. The summed E-state index contributed by atoms with van der Waals surface area (Å²) < 4.78 is 1.86. The van der Waals surface area contributed by atoms with Gasteiger partial charge in [-0.2, -0.15) is 0 Å². The number of amides is 1. The van der Waals surface area contributed by atoms with Crippen molar-refractivity contribution in [2.24, 2.45) is 5.73 Å². The van der Waals surface area contributed by atoms with Crippen LogP contribution in [0.15, 0.2) is 30.7 Å². The Bertz CT molecular complexity index is 580. The van der Waals surface area contributed by atoms with Crippen LogP contribution in [0.1, 0.15) is 19.7 Å². The first-order valence-electron chi connectivity index (χ1n) is 5.94. The van der Waals surface area contributed by atoms with E-state index in [9.17, 15) is 4.79 Å². The van der Waals surface area contributed by atoms with Gasteiger partial charge in [-0.1, -0.05) is 0 Å². The average molecular weight is 259 g/mol. The Balaban J connectivity index is 2.16. The predicted molar refractivity (Wildman–Crippen MR) is 73.0 cm³/mol. The SMILES string of the molecule is Cc1nccn1-c1ccc(NC(=O)C(C)(C)N)cn1. The summed E-state index contributed by atoms with van der Waals surface area (Å²) in [5, 5.41) is 2.72. The number of nitrogens with one attached hydrogen (secondary N) is 1. The number of hydrogen-bond acceptors (Lipinski definition) is 4. The largest absolute Gasteiger partial charge is 0.323 e. The Kier molecular flexibility index (Phi) is 3.35. The molecule has 2 aromatic rings. The summed E-state index contributed by atoms with van der Waals surface area (Å²) in [5.41, 5.74) is 5.41. The fraction of sp³-hybridized carbons (Fsp3) is 0.308. The van der Waals surface area contributed by atoms with Crippen LogP contribution >= 0.6 is 0 Å². The van der Waals surface area contributed by atoms with Gasteiger partial charge in [-0.15, -0.1) is 0 Å². The number of aromatic nitrogens is 3. The van der Waals surface area contributed by atoms with Crippen LogP contribution < -0.4 is 11.1 Å². The average Bonchev–Trinajstić information content (AvgIpc) is 2.75. The molecule has 0 bridgehead atoms. The number of nitrogens with two attached hydrogens (primary N) is 1. The summed E-state index contributed by atoms with van der Waals surface area (Å²) in [6.45, 7) is 5.20. The third-order valence-corrected chi connectivity index (χ3v) is 2.66. The lowest BCUT2D eigenvalue weighted by Gasteiger charge is -2.17. The van der Waals surface area contributed by atoms with Gasteiger partial charge in [0.2, 0.25) is 5.91 Å². The van der Waals surface area contributed by atoms with E-state index in [1.807, 2.05) is 23.8 Å². The molecule has 0 fully saturated rings. The highest BCUT2D eigenvalue weighted by Crippen LogP contribution is 2.12. The number of carbonyl (C=O) groups excluding carboxylic acids is 1. The van der Waals surface area contributed by atoms with Crippen LogP contribution in [0.2, 0.25) is 0 Å². The van der Waals surface area contributed by atoms with E-state index in [2.05, 4.69) is 15.3 Å². The Morgan fingerprint density at radius 3 is 2.58 bits per heavy atom. The van der Waals surface area contributed by atoms with Gasteiger partial charge in [-0.05, 0) is 32.9 Å². The fourth-order valence-electron chi connectivity index (χ4n) is 1.51. The van der Waals surface area contributed by atoms with Gasteiger partial charge in [0.15, 0.2) is 0 Å². The van der Waals surface area contributed by atoms with Gasteiger partial charge in [-0.3, -0.25) is 9.36 Å². The number of nitrogens with zero attached hydrogens (tertiary/aromatic N) is 3. The quantitative estimate of drug-likeness (QED) is 0.868. The number of imidazole rings is 1. The molecule has 0 aliphatic rings. The van der Waals surface area contributed by atoms with E-state index < -0.39 is 5.54 Å². The molecule has 0 aliphatic heterocycles. The molecule has 0 saturated carbocycles. The number of carbonyl (C=O) groups is 1. The van der Waals surface area contributed by atoms with E-state index in [1.165, 1.54) is 0 Å². The standard InChI is InChI=1S/C13H17N5O/c1-9-15-6-7-18(9)11-5-4-10(8-16-11)17-12(19)13(2,3)14/h4-8H,14H2,1-3H3,(H,17,19). The van der Waals surface area contributed by atoms with E-state index in [-0.39, 0.29) is 5.91 Å². The first-order chi connectivity index (χ1) is 8.88. The molecule has 0 aliphatic carbocycles. The van der Waals surface area contributed by atoms with E-state index in [0.29, 0.717) is 5.69 Å². The molecule has 6 nitrogen and oxygen atoms in total. The molecule has 19 heavy (non-hydrogen) atoms. The second-order valence-electron chi connectivity index (χ2n) is 4.93. The van der Waals surface area contributed by atoms with Crippen LogP contribution in [0, 0.1) is 6.92 Å². The minimum atomic E-state index is -0.917. The van der Waals surface area contributed by atoms with Crippen molar-refractivity contribution in [3.63, 3.8) is 0 Å². The van der Waals surface area contributed by atoms with Crippen molar-refractivity contribution in [3.05, 3.63) is 36.5 Å². The maximum absolute atomic E-state index is 11.7. The molecule has 0 aromatic carbocycles. The first kappa shape index (κ1) is 13.2. The highest BCUT2D eigenvalue weighted by Gasteiger charge is 2.21. The summed E-state index contributed by atoms with van der Waals surface area (Å²) in [5.74, 6) is 1.35. The van der Waals surface area contributed by atoms with Crippen LogP contribution in [-0.2, 0) is 4.79 Å². The van der Waals surface area contributed by atoms with Crippen LogP contribution in [0.4, 0.5) is 5.69 Å². The minimum absolute atomic E-state index is 0.249. The smallest absolute Gasteiger partial charge is 0.243 e. The van der Waals surface area contributed by atoms with Crippen molar-refractivity contribution >= 4 is 11.6 Å². The van der Waals surface area contributed by atoms with Gasteiger partial charge in [0.25, 0.3) is 0 Å². The summed E-state index contributed by atoms with van der Waals surface area (Å²) in [4.78, 5) is 20.1. The second kappa shape index (κ2) is 4.81. The van der Waals surface area contributed by atoms with Gasteiger partial charge in [0.05, 0.1) is 17.4 Å². The van der Waals surface area contributed by atoms with Crippen LogP contribution in [0.5, 0.6) is 0 Å². The van der Waals surface area contributed by atoms with Crippen molar-refractivity contribution in [1.29, 1.82) is 0 Å². The Labute approximate surface area is 111 Å². The van der Waals surface area contributed by atoms with Crippen molar-refractivity contribution in [2.45, 2.75) is 26.3 Å². The van der Waals surface area contributed by atoms with Crippen LogP contribution in [0.25, 0.3) is 5.82 Å². The Morgan fingerprint density at radius 1 is 1.37 bits per heavy atom. The predicted octanol–water partition coefficient (Wildman–Crippen LogP) is 1.25. The molecule has 3 N–H and O–H groups in total. The molecular formula is C13H17N5O. The normalized spacial score (nSPS) is 11.4. The van der Waals surface area contributed by atoms with Crippen molar-refractivity contribution in [1.82, 2.24) is 14.5 Å². The van der Waals surface area contributed by atoms with Gasteiger partial charge >= 0.3 is 0 Å². The molecule has 0 unspecified atom stereocenters. The zero-order chi connectivity index (χ0) is 14.0. The van der Waals surface area contributed by atoms with E-state index in [1.54, 1.807) is 32.3 Å². The van der Waals surface area contributed by atoms with Crippen LogP contribution in [0.3, 0.4) is 0 Å². The number of pyridine rings is 1. The number of anilines is 1. The molecule has 1 amide bonds. The molecule has 0 saturated heterocycles. The molecule has 0 spiro atoms. The van der Waals surface area contributed by atoms with E-state index in [4.69, 9.17) is 5.73 Å². The molecule has 2 rings (SSSR count). The summed E-state index contributed by atoms with van der Waals surface area (Å²) in [6, 6.07) is 3.60. The number of rotatable bonds is 3. The van der Waals surface area contributed by atoms with E-state index >= 15 is 0 Å². The summed E-state index contributed by atoms with van der Waals surface area (Å²) in [7, 11) is 0. The maximum Gasteiger partial charge on any atom is 0.243 e. The lowest BCUT2D eigenvalue weighted by molar-refractivity contribution is -0.120. The van der Waals surface area contributed by atoms with Crippen LogP contribution in [-0.4, -0.2) is 26.0 Å². The fourth-order valence-corrected chi connectivity index (χ4v) is 1.51. The monoisotopic (exact) mass is 259 g/mol. The maximum atomic E-state index is 11.7. The molecule has 0 atom stereocenters. The summed E-state index contributed by atoms with van der Waals surface area (Å²) >= 11 is 0. The zero-order valence-electron chi connectivity index (χ0n) is 11.2. The zero-order valence-corrected chi connectivity index (χ0v) is 11.2. The molecule has 6 heteroatoms. The Hall–Kier alpha value is -2.21. The van der Waals surface area contributed by atoms with Crippen molar-refractivity contribution in [2.75, 3.05) is 5.32 Å². The number of hydrogen-bond donors (Lipinski definition) is 2. The first-order valence-corrected chi connectivity index (χ1v) is 5.94. The molecule has 100 valence electrons. The van der Waals surface area contributed by atoms with Gasteiger partial charge in [0, 0.05) is 12.4 Å². The Morgan fingerprint density at radius 2 is 2.11 bits per heavy atom. The van der Waals surface area contributed by atoms with Gasteiger partial charge in [-0.25, -0.2) is 9.97 Å². The molecule has 2 heterocycles. The highest BCUT2D eigenvalue weighted by molar-refractivity contribution is 5.97. The molecule has 0 radical (unpaired) electrons. The van der Waals surface area contributed by atoms with E-state index in [0.717, 1.165) is 11.6 Å². The third kappa shape index (κ3) is 2.97. The lowest BCUT2D eigenvalue weighted by atomic mass is 10.1. The summed E-state index contributed by atoms with van der Waals surface area (Å²) in [6.07, 6.45) is 5.14. The minimum Gasteiger partial charge on any atom is -0.323 e. The van der Waals surface area contributed by atoms with Crippen molar-refractivity contribution < 1.29 is 4.79 Å². The highest BCUT2D eigenvalue weighted by atomic mass is 16.2. The molecular weight excluding hydrogens is 242 g/mol. The van der Waals surface area contributed by atoms with Crippen molar-refractivity contribution in [3.8, 4) is 5.82 Å². The third-order valence-electron chi connectivity index (χ3n) is 2.66. The van der Waals surface area contributed by atoms with Gasteiger partial charge < -0.3 is 11.1 Å². The molecule has 2 aromatic heterocycles.